The smallest absolute Gasteiger partial charge is 0.248 e. The zero-order valence-electron chi connectivity index (χ0n) is 11.0. The highest BCUT2D eigenvalue weighted by molar-refractivity contribution is 7.13. The highest BCUT2D eigenvalue weighted by atomic mass is 32.1. The summed E-state index contributed by atoms with van der Waals surface area (Å²) in [5.41, 5.74) is 0.0288. The van der Waals surface area contributed by atoms with Crippen molar-refractivity contribution >= 4 is 22.9 Å². The van der Waals surface area contributed by atoms with Crippen LogP contribution in [-0.4, -0.2) is 26.1 Å². The van der Waals surface area contributed by atoms with Crippen molar-refractivity contribution in [3.8, 4) is 10.7 Å². The molecule has 0 aliphatic heterocycles. The number of hydrogen-bond acceptors (Lipinski definition) is 5. The van der Waals surface area contributed by atoms with Gasteiger partial charge in [-0.2, -0.15) is 4.80 Å². The Hall–Kier alpha value is -2.68. The Morgan fingerprint density at radius 3 is 2.73 bits per heavy atom. The zero-order chi connectivity index (χ0) is 15.5. The number of nitrogens with one attached hydrogen (secondary N) is 1. The summed E-state index contributed by atoms with van der Waals surface area (Å²) in [6.07, 6.45) is 0. The van der Waals surface area contributed by atoms with E-state index in [0.717, 1.165) is 27.9 Å². The molecule has 1 N–H and O–H groups in total. The van der Waals surface area contributed by atoms with Crippen LogP contribution in [0.15, 0.2) is 35.7 Å². The van der Waals surface area contributed by atoms with Crippen molar-refractivity contribution in [2.45, 2.75) is 6.54 Å². The van der Waals surface area contributed by atoms with Gasteiger partial charge in [0.05, 0.1) is 4.88 Å². The molecule has 0 atom stereocenters. The van der Waals surface area contributed by atoms with Crippen molar-refractivity contribution in [3.63, 3.8) is 0 Å². The maximum atomic E-state index is 13.0. The Kier molecular flexibility index (Phi) is 3.88. The second kappa shape index (κ2) is 5.98. The summed E-state index contributed by atoms with van der Waals surface area (Å²) in [6.45, 7) is -0.212. The van der Waals surface area contributed by atoms with E-state index in [1.165, 1.54) is 11.3 Å². The summed E-state index contributed by atoms with van der Waals surface area (Å²) in [6, 6.07) is 6.45. The van der Waals surface area contributed by atoms with E-state index in [-0.39, 0.29) is 12.2 Å². The number of rotatable bonds is 4. The second-order valence-electron chi connectivity index (χ2n) is 4.33. The van der Waals surface area contributed by atoms with Gasteiger partial charge in [-0.05, 0) is 28.8 Å². The van der Waals surface area contributed by atoms with Gasteiger partial charge in [0.1, 0.15) is 18.2 Å². The van der Waals surface area contributed by atoms with Gasteiger partial charge in [0, 0.05) is 11.8 Å². The van der Waals surface area contributed by atoms with Gasteiger partial charge in [-0.1, -0.05) is 6.07 Å². The van der Waals surface area contributed by atoms with Crippen molar-refractivity contribution in [3.05, 3.63) is 47.3 Å². The minimum Gasteiger partial charge on any atom is -0.324 e. The van der Waals surface area contributed by atoms with Crippen molar-refractivity contribution in [1.29, 1.82) is 0 Å². The fourth-order valence-corrected chi connectivity index (χ4v) is 2.42. The van der Waals surface area contributed by atoms with E-state index >= 15 is 0 Å². The van der Waals surface area contributed by atoms with Gasteiger partial charge < -0.3 is 5.32 Å². The molecule has 0 unspecified atom stereocenters. The lowest BCUT2D eigenvalue weighted by Crippen LogP contribution is -2.20. The second-order valence-corrected chi connectivity index (χ2v) is 5.27. The number of halogens is 2. The topological polar surface area (TPSA) is 72.7 Å². The fraction of sp³-hybridized carbons (Fsp3) is 0.0769. The van der Waals surface area contributed by atoms with E-state index < -0.39 is 17.5 Å². The highest BCUT2D eigenvalue weighted by Gasteiger charge is 2.11. The molecular weight excluding hydrogens is 312 g/mol. The molecule has 3 rings (SSSR count). The highest BCUT2D eigenvalue weighted by Crippen LogP contribution is 2.19. The van der Waals surface area contributed by atoms with Gasteiger partial charge in [-0.25, -0.2) is 8.78 Å². The number of hydrogen-bond donors (Lipinski definition) is 1. The molecule has 0 aliphatic carbocycles. The molecule has 0 saturated carbocycles. The van der Waals surface area contributed by atoms with E-state index in [4.69, 9.17) is 0 Å². The zero-order valence-corrected chi connectivity index (χ0v) is 11.8. The summed E-state index contributed by atoms with van der Waals surface area (Å²) >= 11 is 1.45. The lowest BCUT2D eigenvalue weighted by Gasteiger charge is -2.04. The Morgan fingerprint density at radius 2 is 2.05 bits per heavy atom. The molecule has 112 valence electrons. The van der Waals surface area contributed by atoms with E-state index in [9.17, 15) is 13.6 Å². The largest absolute Gasteiger partial charge is 0.324 e. The molecule has 2 aromatic heterocycles. The third kappa shape index (κ3) is 3.31. The predicted molar refractivity (Wildman–Crippen MR) is 76.1 cm³/mol. The molecule has 2 heterocycles. The van der Waals surface area contributed by atoms with Crippen molar-refractivity contribution < 1.29 is 13.6 Å². The minimum atomic E-state index is -0.769. The van der Waals surface area contributed by atoms with Crippen LogP contribution in [0.5, 0.6) is 0 Å². The fourth-order valence-electron chi connectivity index (χ4n) is 1.77. The Labute approximate surface area is 127 Å². The monoisotopic (exact) mass is 321 g/mol. The predicted octanol–water partition coefficient (Wildman–Crippen LogP) is 2.32. The first-order chi connectivity index (χ1) is 10.6. The van der Waals surface area contributed by atoms with Gasteiger partial charge in [0.15, 0.2) is 0 Å². The van der Waals surface area contributed by atoms with E-state index in [1.807, 2.05) is 17.5 Å². The summed E-state index contributed by atoms with van der Waals surface area (Å²) < 4.78 is 26.1. The number of nitrogens with zero attached hydrogens (tertiary/aromatic N) is 4. The number of carbonyl (C=O) groups is 1. The first kappa shape index (κ1) is 14.3. The van der Waals surface area contributed by atoms with Crippen LogP contribution in [0.1, 0.15) is 0 Å². The SMILES string of the molecule is O=C(Cn1nnc(-c2cccs2)n1)Nc1cc(F)cc(F)c1. The summed E-state index contributed by atoms with van der Waals surface area (Å²) in [7, 11) is 0. The number of carbonyl (C=O) groups excluding carboxylic acids is 1. The van der Waals surface area contributed by atoms with E-state index in [1.54, 1.807) is 0 Å². The van der Waals surface area contributed by atoms with Crippen LogP contribution in [0.25, 0.3) is 10.7 Å². The molecular formula is C13H9F2N5OS. The molecule has 0 fully saturated rings. The molecule has 0 spiro atoms. The third-order valence-electron chi connectivity index (χ3n) is 2.63. The molecule has 0 radical (unpaired) electrons. The van der Waals surface area contributed by atoms with E-state index in [2.05, 4.69) is 20.7 Å². The Bertz CT molecular complexity index is 782. The van der Waals surface area contributed by atoms with Gasteiger partial charge in [-0.15, -0.1) is 21.5 Å². The average Bonchev–Trinajstić information content (AvgIpc) is 3.07. The molecule has 1 aromatic carbocycles. The molecule has 3 aromatic rings. The van der Waals surface area contributed by atoms with Gasteiger partial charge in [0.2, 0.25) is 11.7 Å². The first-order valence-corrected chi connectivity index (χ1v) is 7.06. The lowest BCUT2D eigenvalue weighted by molar-refractivity contribution is -0.117. The van der Waals surface area contributed by atoms with E-state index in [0.29, 0.717) is 5.82 Å². The van der Waals surface area contributed by atoms with Crippen molar-refractivity contribution in [2.75, 3.05) is 5.32 Å². The molecule has 0 bridgehead atoms. The van der Waals surface area contributed by atoms with Crippen LogP contribution < -0.4 is 5.32 Å². The van der Waals surface area contributed by atoms with Gasteiger partial charge in [-0.3, -0.25) is 4.79 Å². The maximum Gasteiger partial charge on any atom is 0.248 e. The number of benzene rings is 1. The van der Waals surface area contributed by atoms with Crippen LogP contribution in [-0.2, 0) is 11.3 Å². The Morgan fingerprint density at radius 1 is 1.27 bits per heavy atom. The van der Waals surface area contributed by atoms with Gasteiger partial charge in [0.25, 0.3) is 0 Å². The molecule has 6 nitrogen and oxygen atoms in total. The third-order valence-corrected chi connectivity index (χ3v) is 3.49. The van der Waals surface area contributed by atoms with Crippen LogP contribution in [0, 0.1) is 11.6 Å². The summed E-state index contributed by atoms with van der Waals surface area (Å²) in [5, 5.41) is 15.9. The first-order valence-electron chi connectivity index (χ1n) is 6.18. The lowest BCUT2D eigenvalue weighted by atomic mass is 10.3. The number of aromatic nitrogens is 4. The summed E-state index contributed by atoms with van der Waals surface area (Å²) in [5.74, 6) is -1.64. The minimum absolute atomic E-state index is 0.0288. The Balaban J connectivity index is 1.67. The normalized spacial score (nSPS) is 10.6. The molecule has 0 aliphatic rings. The van der Waals surface area contributed by atoms with Gasteiger partial charge >= 0.3 is 0 Å². The standard InChI is InChI=1S/C13H9F2N5OS/c14-8-4-9(15)6-10(5-8)16-12(21)7-20-18-13(17-19-20)11-2-1-3-22-11/h1-6H,7H2,(H,16,21). The number of tetrazole rings is 1. The van der Waals surface area contributed by atoms with Crippen molar-refractivity contribution in [1.82, 2.24) is 20.2 Å². The molecule has 1 amide bonds. The molecule has 9 heteroatoms. The van der Waals surface area contributed by atoms with Crippen LogP contribution in [0.2, 0.25) is 0 Å². The summed E-state index contributed by atoms with van der Waals surface area (Å²) in [4.78, 5) is 13.8. The van der Waals surface area contributed by atoms with Crippen LogP contribution in [0.4, 0.5) is 14.5 Å². The number of amides is 1. The maximum absolute atomic E-state index is 13.0. The quantitative estimate of drug-likeness (QED) is 0.800. The van der Waals surface area contributed by atoms with Crippen LogP contribution in [0.3, 0.4) is 0 Å². The molecule has 0 saturated heterocycles. The average molecular weight is 321 g/mol. The van der Waals surface area contributed by atoms with Crippen LogP contribution >= 0.6 is 11.3 Å². The molecule has 22 heavy (non-hydrogen) atoms. The number of thiophene rings is 1. The number of anilines is 1. The van der Waals surface area contributed by atoms with Crippen molar-refractivity contribution in [2.24, 2.45) is 0 Å².